The molecule has 3 heterocycles. The van der Waals surface area contributed by atoms with Gasteiger partial charge in [0.25, 0.3) is 0 Å². The van der Waals surface area contributed by atoms with E-state index in [1.807, 2.05) is 4.90 Å². The Balaban J connectivity index is 2.07. The van der Waals surface area contributed by atoms with Gasteiger partial charge in [-0.15, -0.1) is 0 Å². The Kier molecular flexibility index (Phi) is 3.06. The van der Waals surface area contributed by atoms with Crippen LogP contribution in [0.2, 0.25) is 0 Å². The van der Waals surface area contributed by atoms with Crippen LogP contribution in [-0.2, 0) is 4.74 Å². The zero-order valence-corrected chi connectivity index (χ0v) is 10.9. The lowest BCUT2D eigenvalue weighted by Crippen LogP contribution is -2.23. The van der Waals surface area contributed by atoms with Gasteiger partial charge in [-0.3, -0.25) is 0 Å². The zero-order chi connectivity index (χ0) is 14.3. The molecule has 6 nitrogen and oxygen atoms in total. The molecular weight excluding hydrogens is 265 g/mol. The Labute approximate surface area is 114 Å². The minimum absolute atomic E-state index is 0.0978. The van der Waals surface area contributed by atoms with Crippen molar-refractivity contribution in [2.24, 2.45) is 0 Å². The Morgan fingerprint density at radius 2 is 2.35 bits per heavy atom. The quantitative estimate of drug-likeness (QED) is 0.919. The molecule has 0 amide bonds. The monoisotopic (exact) mass is 279 g/mol. The van der Waals surface area contributed by atoms with Gasteiger partial charge in [0.1, 0.15) is 5.82 Å². The number of ether oxygens (including phenoxy) is 1. The third-order valence-corrected chi connectivity index (χ3v) is 3.54. The van der Waals surface area contributed by atoms with Crippen LogP contribution in [0.4, 0.5) is 10.1 Å². The highest BCUT2D eigenvalue weighted by atomic mass is 19.1. The molecule has 7 heteroatoms. The summed E-state index contributed by atoms with van der Waals surface area (Å²) in [4.78, 5) is 17.0. The number of halogens is 1. The first kappa shape index (κ1) is 12.9. The molecule has 0 aliphatic carbocycles. The van der Waals surface area contributed by atoms with Gasteiger partial charge in [0, 0.05) is 38.7 Å². The zero-order valence-electron chi connectivity index (χ0n) is 10.9. The highest BCUT2D eigenvalue weighted by Crippen LogP contribution is 2.27. The fourth-order valence-electron chi connectivity index (χ4n) is 2.52. The number of aromatic carboxylic acids is 1. The van der Waals surface area contributed by atoms with Crippen molar-refractivity contribution in [3.05, 3.63) is 30.0 Å². The first-order valence-corrected chi connectivity index (χ1v) is 6.28. The second-order valence-electron chi connectivity index (χ2n) is 4.80. The second kappa shape index (κ2) is 4.75. The van der Waals surface area contributed by atoms with Crippen molar-refractivity contribution in [3.8, 4) is 0 Å². The van der Waals surface area contributed by atoms with E-state index in [0.717, 1.165) is 13.0 Å². The molecule has 0 unspecified atom stereocenters. The van der Waals surface area contributed by atoms with Gasteiger partial charge in [-0.1, -0.05) is 0 Å². The average molecular weight is 279 g/mol. The number of aromatic nitrogens is 2. The number of imidazole rings is 1. The molecule has 20 heavy (non-hydrogen) atoms. The van der Waals surface area contributed by atoms with Crippen molar-refractivity contribution in [1.82, 2.24) is 9.38 Å². The van der Waals surface area contributed by atoms with Crippen LogP contribution in [0, 0.1) is 5.82 Å². The molecule has 0 aromatic carbocycles. The summed E-state index contributed by atoms with van der Waals surface area (Å²) in [6.07, 6.45) is 3.49. The van der Waals surface area contributed by atoms with Crippen LogP contribution in [0.25, 0.3) is 5.65 Å². The minimum atomic E-state index is -1.13. The van der Waals surface area contributed by atoms with Crippen molar-refractivity contribution in [3.63, 3.8) is 0 Å². The van der Waals surface area contributed by atoms with Gasteiger partial charge in [0.2, 0.25) is 0 Å². The topological polar surface area (TPSA) is 67.1 Å². The van der Waals surface area contributed by atoms with Crippen molar-refractivity contribution in [2.75, 3.05) is 25.1 Å². The summed E-state index contributed by atoms with van der Waals surface area (Å²) >= 11 is 0. The molecule has 2 aromatic heterocycles. The Morgan fingerprint density at radius 1 is 1.55 bits per heavy atom. The molecule has 1 N–H and O–H groups in total. The smallest absolute Gasteiger partial charge is 0.356 e. The summed E-state index contributed by atoms with van der Waals surface area (Å²) in [5.41, 5.74) is 0.942. The van der Waals surface area contributed by atoms with E-state index in [-0.39, 0.29) is 11.8 Å². The normalized spacial score (nSPS) is 18.9. The largest absolute Gasteiger partial charge is 0.476 e. The number of fused-ring (bicyclic) bond motifs is 1. The molecule has 0 bridgehead atoms. The summed E-state index contributed by atoms with van der Waals surface area (Å²) in [7, 11) is 1.65. The van der Waals surface area contributed by atoms with E-state index in [1.165, 1.54) is 22.9 Å². The van der Waals surface area contributed by atoms with Crippen molar-refractivity contribution < 1.29 is 19.0 Å². The fraction of sp³-hybridized carbons (Fsp3) is 0.385. The van der Waals surface area contributed by atoms with Crippen molar-refractivity contribution >= 4 is 17.3 Å². The van der Waals surface area contributed by atoms with Gasteiger partial charge in [0.05, 0.1) is 11.8 Å². The Bertz CT molecular complexity index is 670. The maximum Gasteiger partial charge on any atom is 0.356 e. The van der Waals surface area contributed by atoms with E-state index in [4.69, 9.17) is 9.84 Å². The number of pyridine rings is 1. The lowest BCUT2D eigenvalue weighted by molar-refractivity contribution is 0.0691. The van der Waals surface area contributed by atoms with E-state index in [2.05, 4.69) is 4.98 Å². The van der Waals surface area contributed by atoms with E-state index in [9.17, 15) is 9.18 Å². The number of carboxylic acid groups (broad SMARTS) is 1. The van der Waals surface area contributed by atoms with E-state index < -0.39 is 11.8 Å². The number of anilines is 1. The lowest BCUT2D eigenvalue weighted by Gasteiger charge is -2.19. The standard InChI is InChI=1S/C13H14FN3O3/c1-20-9-2-3-16(6-9)11-4-8(14)5-17-7-10(13(18)19)15-12(11)17/h4-5,7,9H,2-3,6H2,1H3,(H,18,19)/t9-/m0/s1. The van der Waals surface area contributed by atoms with Gasteiger partial charge in [-0.2, -0.15) is 0 Å². The molecule has 1 atom stereocenters. The molecule has 2 aromatic rings. The van der Waals surface area contributed by atoms with Gasteiger partial charge < -0.3 is 19.1 Å². The van der Waals surface area contributed by atoms with Crippen LogP contribution < -0.4 is 4.90 Å². The van der Waals surface area contributed by atoms with E-state index in [1.54, 1.807) is 7.11 Å². The summed E-state index contributed by atoms with van der Waals surface area (Å²) < 4.78 is 20.4. The molecule has 0 saturated carbocycles. The number of methoxy groups -OCH3 is 1. The Morgan fingerprint density at radius 3 is 3.00 bits per heavy atom. The predicted molar refractivity (Wildman–Crippen MR) is 69.7 cm³/mol. The third kappa shape index (κ3) is 2.09. The summed E-state index contributed by atoms with van der Waals surface area (Å²) in [6, 6.07) is 1.38. The summed E-state index contributed by atoms with van der Waals surface area (Å²) in [5.74, 6) is -1.56. The molecule has 106 valence electrons. The number of rotatable bonds is 3. The molecule has 1 fully saturated rings. The first-order valence-electron chi connectivity index (χ1n) is 6.28. The van der Waals surface area contributed by atoms with Crippen molar-refractivity contribution in [2.45, 2.75) is 12.5 Å². The van der Waals surface area contributed by atoms with Crippen LogP contribution in [0.5, 0.6) is 0 Å². The number of carbonyl (C=O) groups is 1. The van der Waals surface area contributed by atoms with Crippen LogP contribution in [0.1, 0.15) is 16.9 Å². The maximum atomic E-state index is 13.7. The molecule has 1 aliphatic heterocycles. The molecule has 1 saturated heterocycles. The van der Waals surface area contributed by atoms with Gasteiger partial charge in [-0.25, -0.2) is 14.2 Å². The Hall–Kier alpha value is -2.15. The minimum Gasteiger partial charge on any atom is -0.476 e. The van der Waals surface area contributed by atoms with Crippen LogP contribution in [0.3, 0.4) is 0 Å². The summed E-state index contributed by atoms with van der Waals surface area (Å²) in [5, 5.41) is 8.99. The SMILES string of the molecule is CO[C@H]1CCN(c2cc(F)cn3cc(C(=O)O)nc23)C1. The molecule has 3 rings (SSSR count). The van der Waals surface area contributed by atoms with Crippen LogP contribution >= 0.6 is 0 Å². The number of hydrogen-bond acceptors (Lipinski definition) is 4. The van der Waals surface area contributed by atoms with Crippen LogP contribution in [0.15, 0.2) is 18.5 Å². The molecule has 0 radical (unpaired) electrons. The van der Waals surface area contributed by atoms with Gasteiger partial charge in [0.15, 0.2) is 11.3 Å². The second-order valence-corrected chi connectivity index (χ2v) is 4.80. The van der Waals surface area contributed by atoms with Crippen molar-refractivity contribution in [1.29, 1.82) is 0 Å². The fourth-order valence-corrected chi connectivity index (χ4v) is 2.52. The molecule has 0 spiro atoms. The number of hydrogen-bond donors (Lipinski definition) is 1. The number of carboxylic acids is 1. The summed E-state index contributed by atoms with van der Waals surface area (Å²) in [6.45, 7) is 1.37. The highest BCUT2D eigenvalue weighted by molar-refractivity contribution is 5.87. The van der Waals surface area contributed by atoms with Gasteiger partial charge >= 0.3 is 5.97 Å². The molecular formula is C13H14FN3O3. The average Bonchev–Trinajstić information content (AvgIpc) is 3.03. The van der Waals surface area contributed by atoms with E-state index in [0.29, 0.717) is 17.9 Å². The third-order valence-electron chi connectivity index (χ3n) is 3.54. The first-order chi connectivity index (χ1) is 9.58. The van der Waals surface area contributed by atoms with Crippen LogP contribution in [-0.4, -0.2) is 46.8 Å². The van der Waals surface area contributed by atoms with Gasteiger partial charge in [-0.05, 0) is 6.42 Å². The maximum absolute atomic E-state index is 13.7. The molecule has 1 aliphatic rings. The van der Waals surface area contributed by atoms with E-state index >= 15 is 0 Å². The number of nitrogens with zero attached hydrogens (tertiary/aromatic N) is 3. The lowest BCUT2D eigenvalue weighted by atomic mass is 10.3. The predicted octanol–water partition coefficient (Wildman–Crippen LogP) is 1.40. The highest BCUT2D eigenvalue weighted by Gasteiger charge is 2.25.